The Hall–Kier alpha value is -1.13. The number of benzene rings is 1. The first kappa shape index (κ1) is 14.3. The van der Waals surface area contributed by atoms with Gasteiger partial charge in [-0.15, -0.1) is 0 Å². The van der Waals surface area contributed by atoms with Crippen LogP contribution in [0.3, 0.4) is 0 Å². The van der Waals surface area contributed by atoms with Crippen LogP contribution in [-0.2, 0) is 4.79 Å². The highest BCUT2D eigenvalue weighted by atomic mass is 35.5. The monoisotopic (exact) mass is 284 g/mol. The molecule has 5 heteroatoms. The summed E-state index contributed by atoms with van der Waals surface area (Å²) in [4.78, 5) is 14.0. The van der Waals surface area contributed by atoms with Gasteiger partial charge in [0.1, 0.15) is 5.82 Å². The Morgan fingerprint density at radius 2 is 2.32 bits per heavy atom. The zero-order valence-electron chi connectivity index (χ0n) is 11.0. The molecule has 3 nitrogen and oxygen atoms in total. The molecule has 1 heterocycles. The molecule has 2 rings (SSSR count). The number of rotatable bonds is 3. The van der Waals surface area contributed by atoms with E-state index in [1.54, 1.807) is 6.07 Å². The second-order valence-corrected chi connectivity index (χ2v) is 5.42. The first-order valence-corrected chi connectivity index (χ1v) is 6.93. The Balaban J connectivity index is 1.93. The fourth-order valence-electron chi connectivity index (χ4n) is 2.36. The highest BCUT2D eigenvalue weighted by Gasteiger charge is 2.20. The number of nitrogens with zero attached hydrogens (tertiary/aromatic N) is 1. The molecule has 0 radical (unpaired) electrons. The lowest BCUT2D eigenvalue weighted by Gasteiger charge is -2.32. The Morgan fingerprint density at radius 3 is 3.00 bits per heavy atom. The number of carbonyl (C=O) groups excluding carboxylic acids is 1. The van der Waals surface area contributed by atoms with Crippen molar-refractivity contribution >= 4 is 23.2 Å². The van der Waals surface area contributed by atoms with Gasteiger partial charge < -0.3 is 5.32 Å². The van der Waals surface area contributed by atoms with E-state index in [2.05, 4.69) is 17.1 Å². The first-order chi connectivity index (χ1) is 9.06. The van der Waals surface area contributed by atoms with Gasteiger partial charge in [0.2, 0.25) is 5.91 Å². The Kier molecular flexibility index (Phi) is 4.77. The van der Waals surface area contributed by atoms with Crippen LogP contribution in [0.5, 0.6) is 0 Å². The van der Waals surface area contributed by atoms with Crippen molar-refractivity contribution in [2.24, 2.45) is 0 Å². The molecule has 1 aliphatic rings. The summed E-state index contributed by atoms with van der Waals surface area (Å²) in [5.74, 6) is -0.692. The maximum atomic E-state index is 13.6. The van der Waals surface area contributed by atoms with Gasteiger partial charge in [-0.3, -0.25) is 9.69 Å². The summed E-state index contributed by atoms with van der Waals surface area (Å²) in [7, 11) is 0. The van der Waals surface area contributed by atoms with Crippen LogP contribution in [0.2, 0.25) is 5.02 Å². The number of anilines is 1. The molecule has 0 aromatic heterocycles. The summed E-state index contributed by atoms with van der Waals surface area (Å²) in [6.07, 6.45) is 3.45. The number of halogens is 2. The molecule has 1 atom stereocenters. The van der Waals surface area contributed by atoms with Gasteiger partial charge in [-0.25, -0.2) is 4.39 Å². The molecule has 0 spiro atoms. The fraction of sp³-hybridized carbons (Fsp3) is 0.500. The van der Waals surface area contributed by atoms with E-state index in [-0.39, 0.29) is 11.6 Å². The summed E-state index contributed by atoms with van der Waals surface area (Å²) in [5, 5.41) is 2.91. The number of hydrogen-bond donors (Lipinski definition) is 1. The molecule has 0 unspecified atom stereocenters. The number of amides is 1. The molecule has 104 valence electrons. The fourth-order valence-corrected chi connectivity index (χ4v) is 2.52. The van der Waals surface area contributed by atoms with Crippen LogP contribution < -0.4 is 5.32 Å². The van der Waals surface area contributed by atoms with E-state index >= 15 is 0 Å². The molecule has 1 aromatic carbocycles. The average Bonchev–Trinajstić information content (AvgIpc) is 2.36. The number of hydrogen-bond acceptors (Lipinski definition) is 2. The maximum Gasteiger partial charge on any atom is 0.238 e. The van der Waals surface area contributed by atoms with E-state index < -0.39 is 5.82 Å². The van der Waals surface area contributed by atoms with Crippen molar-refractivity contribution in [3.05, 3.63) is 29.0 Å². The highest BCUT2D eigenvalue weighted by molar-refractivity contribution is 6.30. The van der Waals surface area contributed by atoms with Gasteiger partial charge >= 0.3 is 0 Å². The van der Waals surface area contributed by atoms with E-state index in [1.165, 1.54) is 18.6 Å². The Labute approximate surface area is 117 Å². The number of nitrogens with one attached hydrogen (secondary N) is 1. The lowest BCUT2D eigenvalue weighted by atomic mass is 10.0. The lowest BCUT2D eigenvalue weighted by Crippen LogP contribution is -2.42. The summed E-state index contributed by atoms with van der Waals surface area (Å²) in [6.45, 7) is 3.36. The average molecular weight is 285 g/mol. The molecule has 19 heavy (non-hydrogen) atoms. The number of carbonyl (C=O) groups is 1. The number of piperidine rings is 1. The molecule has 1 saturated heterocycles. The molecule has 1 amide bonds. The molecule has 0 bridgehead atoms. The van der Waals surface area contributed by atoms with Gasteiger partial charge in [-0.05, 0) is 44.5 Å². The van der Waals surface area contributed by atoms with E-state index in [4.69, 9.17) is 11.6 Å². The van der Waals surface area contributed by atoms with E-state index in [9.17, 15) is 9.18 Å². The minimum atomic E-state index is -0.507. The van der Waals surface area contributed by atoms with Crippen molar-refractivity contribution in [2.45, 2.75) is 32.2 Å². The molecule has 1 fully saturated rings. The molecular formula is C14H18ClFN2O. The highest BCUT2D eigenvalue weighted by Crippen LogP contribution is 2.20. The van der Waals surface area contributed by atoms with Crippen LogP contribution >= 0.6 is 11.6 Å². The van der Waals surface area contributed by atoms with Crippen molar-refractivity contribution < 1.29 is 9.18 Å². The van der Waals surface area contributed by atoms with Crippen LogP contribution in [0.15, 0.2) is 18.2 Å². The molecule has 1 N–H and O–H groups in total. The van der Waals surface area contributed by atoms with Crippen LogP contribution in [0.25, 0.3) is 0 Å². The summed E-state index contributed by atoms with van der Waals surface area (Å²) in [5.41, 5.74) is 0.180. The molecule has 0 saturated carbocycles. The van der Waals surface area contributed by atoms with Gasteiger partial charge in [-0.2, -0.15) is 0 Å². The Bertz CT molecular complexity index is 467. The zero-order valence-corrected chi connectivity index (χ0v) is 11.7. The van der Waals surface area contributed by atoms with Gasteiger partial charge in [0, 0.05) is 11.1 Å². The predicted octanol–water partition coefficient (Wildman–Crippen LogP) is 3.29. The van der Waals surface area contributed by atoms with E-state index in [0.717, 1.165) is 19.4 Å². The molecule has 0 aliphatic carbocycles. The van der Waals surface area contributed by atoms with Crippen molar-refractivity contribution in [1.29, 1.82) is 0 Å². The van der Waals surface area contributed by atoms with Gasteiger partial charge in [0.05, 0.1) is 12.2 Å². The minimum absolute atomic E-state index is 0.180. The van der Waals surface area contributed by atoms with Crippen LogP contribution in [0.1, 0.15) is 26.2 Å². The quantitative estimate of drug-likeness (QED) is 0.924. The second kappa shape index (κ2) is 6.35. The summed E-state index contributed by atoms with van der Waals surface area (Å²) >= 11 is 5.67. The third kappa shape index (κ3) is 3.91. The van der Waals surface area contributed by atoms with Crippen LogP contribution in [0.4, 0.5) is 10.1 Å². The molecule has 1 aromatic rings. The van der Waals surface area contributed by atoms with E-state index in [1.807, 2.05) is 0 Å². The summed E-state index contributed by atoms with van der Waals surface area (Å²) in [6, 6.07) is 4.65. The van der Waals surface area contributed by atoms with Gasteiger partial charge in [-0.1, -0.05) is 18.0 Å². The molecular weight excluding hydrogens is 267 g/mol. The topological polar surface area (TPSA) is 32.3 Å². The standard InChI is InChI=1S/C14H18ClFN2O/c1-10-4-2-3-7-18(10)9-14(19)17-13-6-5-11(15)8-12(13)16/h5-6,8,10H,2-4,7,9H2,1H3,(H,17,19)/t10-/m0/s1. The van der Waals surface area contributed by atoms with E-state index in [0.29, 0.717) is 17.6 Å². The predicted molar refractivity (Wildman–Crippen MR) is 74.9 cm³/mol. The lowest BCUT2D eigenvalue weighted by molar-refractivity contribution is -0.118. The minimum Gasteiger partial charge on any atom is -0.322 e. The van der Waals surface area contributed by atoms with Crippen molar-refractivity contribution in [1.82, 2.24) is 4.90 Å². The van der Waals surface area contributed by atoms with Crippen LogP contribution in [-0.4, -0.2) is 29.9 Å². The largest absolute Gasteiger partial charge is 0.322 e. The summed E-state index contributed by atoms with van der Waals surface area (Å²) < 4.78 is 13.6. The van der Waals surface area contributed by atoms with Crippen molar-refractivity contribution in [2.75, 3.05) is 18.4 Å². The normalized spacial score (nSPS) is 20.3. The first-order valence-electron chi connectivity index (χ1n) is 6.55. The SMILES string of the molecule is C[C@H]1CCCCN1CC(=O)Nc1ccc(Cl)cc1F. The van der Waals surface area contributed by atoms with Crippen molar-refractivity contribution in [3.63, 3.8) is 0 Å². The molecule has 1 aliphatic heterocycles. The number of likely N-dealkylation sites (tertiary alicyclic amines) is 1. The zero-order chi connectivity index (χ0) is 13.8. The smallest absolute Gasteiger partial charge is 0.238 e. The van der Waals surface area contributed by atoms with Gasteiger partial charge in [0.25, 0.3) is 0 Å². The third-order valence-electron chi connectivity index (χ3n) is 3.49. The van der Waals surface area contributed by atoms with Crippen LogP contribution in [0, 0.1) is 5.82 Å². The van der Waals surface area contributed by atoms with Gasteiger partial charge in [0.15, 0.2) is 0 Å². The third-order valence-corrected chi connectivity index (χ3v) is 3.73. The Morgan fingerprint density at radius 1 is 1.53 bits per heavy atom. The second-order valence-electron chi connectivity index (χ2n) is 4.99. The maximum absolute atomic E-state index is 13.6. The van der Waals surface area contributed by atoms with Crippen molar-refractivity contribution in [3.8, 4) is 0 Å².